The molecule has 0 fully saturated rings. The molecule has 0 atom stereocenters. The van der Waals surface area contributed by atoms with Gasteiger partial charge in [0.05, 0.1) is 14.2 Å². The van der Waals surface area contributed by atoms with Gasteiger partial charge in [0.15, 0.2) is 17.3 Å². The van der Waals surface area contributed by atoms with Crippen LogP contribution >= 0.6 is 0 Å². The molecule has 100 valence electrons. The largest absolute Gasteiger partial charge is 0.493 e. The van der Waals surface area contributed by atoms with Crippen molar-refractivity contribution >= 4 is 5.78 Å². The summed E-state index contributed by atoms with van der Waals surface area (Å²) >= 11 is 0. The van der Waals surface area contributed by atoms with Crippen LogP contribution in [0.2, 0.25) is 0 Å². The van der Waals surface area contributed by atoms with Gasteiger partial charge in [0, 0.05) is 12.0 Å². The number of ether oxygens (including phenoxy) is 2. The summed E-state index contributed by atoms with van der Waals surface area (Å²) < 4.78 is 10.4. The number of Topliss-reactive ketones (excluding diaryl/α,β-unsaturated/α-hetero) is 1. The Kier molecular flexibility index (Phi) is 5.69. The number of carbonyl (C=O) groups is 1. The first-order chi connectivity index (χ1) is 8.65. The molecule has 0 saturated heterocycles. The van der Waals surface area contributed by atoms with Crippen molar-refractivity contribution in [3.8, 4) is 11.5 Å². The van der Waals surface area contributed by atoms with Gasteiger partial charge in [-0.1, -0.05) is 26.7 Å². The van der Waals surface area contributed by atoms with Gasteiger partial charge in [-0.15, -0.1) is 0 Å². The van der Waals surface area contributed by atoms with E-state index in [1.807, 2.05) is 0 Å². The summed E-state index contributed by atoms with van der Waals surface area (Å²) in [6.45, 7) is 4.24. The van der Waals surface area contributed by atoms with E-state index in [1.54, 1.807) is 32.4 Å². The molecular weight excluding hydrogens is 228 g/mol. The standard InChI is InChI=1S/C15H22O3/c1-5-11(6-2)9-13(16)12-7-8-14(17-3)15(10-12)18-4/h7-8,10-11H,5-6,9H2,1-4H3. The summed E-state index contributed by atoms with van der Waals surface area (Å²) in [5.41, 5.74) is 0.694. The van der Waals surface area contributed by atoms with Crippen molar-refractivity contribution in [2.45, 2.75) is 33.1 Å². The van der Waals surface area contributed by atoms with Crippen molar-refractivity contribution in [1.29, 1.82) is 0 Å². The Bertz CT molecular complexity index is 395. The quantitative estimate of drug-likeness (QED) is 0.692. The van der Waals surface area contributed by atoms with Crippen LogP contribution in [0.15, 0.2) is 18.2 Å². The van der Waals surface area contributed by atoms with E-state index in [9.17, 15) is 4.79 Å². The van der Waals surface area contributed by atoms with Gasteiger partial charge in [0.25, 0.3) is 0 Å². The van der Waals surface area contributed by atoms with Gasteiger partial charge in [-0.3, -0.25) is 4.79 Å². The number of hydrogen-bond acceptors (Lipinski definition) is 3. The van der Waals surface area contributed by atoms with Gasteiger partial charge < -0.3 is 9.47 Å². The fraction of sp³-hybridized carbons (Fsp3) is 0.533. The third kappa shape index (κ3) is 3.49. The number of rotatable bonds is 7. The second-order valence-electron chi connectivity index (χ2n) is 4.38. The molecule has 0 unspecified atom stereocenters. The van der Waals surface area contributed by atoms with Crippen molar-refractivity contribution in [3.63, 3.8) is 0 Å². The number of benzene rings is 1. The predicted molar refractivity (Wildman–Crippen MR) is 72.6 cm³/mol. The lowest BCUT2D eigenvalue weighted by Gasteiger charge is -2.12. The summed E-state index contributed by atoms with van der Waals surface area (Å²) in [6, 6.07) is 5.33. The Labute approximate surface area is 109 Å². The Balaban J connectivity index is 2.86. The number of carbonyl (C=O) groups excluding carboxylic acids is 1. The third-order valence-electron chi connectivity index (χ3n) is 3.33. The molecular formula is C15H22O3. The molecule has 0 radical (unpaired) electrons. The highest BCUT2D eigenvalue weighted by Gasteiger charge is 2.14. The van der Waals surface area contributed by atoms with E-state index in [2.05, 4.69) is 13.8 Å². The molecule has 1 rings (SSSR count). The fourth-order valence-electron chi connectivity index (χ4n) is 1.97. The SMILES string of the molecule is CCC(CC)CC(=O)c1ccc(OC)c(OC)c1. The normalized spacial score (nSPS) is 10.5. The van der Waals surface area contributed by atoms with E-state index in [0.717, 1.165) is 12.8 Å². The Morgan fingerprint density at radius 2 is 1.72 bits per heavy atom. The van der Waals surface area contributed by atoms with E-state index in [-0.39, 0.29) is 5.78 Å². The van der Waals surface area contributed by atoms with Crippen molar-refractivity contribution in [3.05, 3.63) is 23.8 Å². The maximum absolute atomic E-state index is 12.1. The van der Waals surface area contributed by atoms with Crippen LogP contribution in [0.4, 0.5) is 0 Å². The number of ketones is 1. The topological polar surface area (TPSA) is 35.5 Å². The van der Waals surface area contributed by atoms with Crippen molar-refractivity contribution in [2.75, 3.05) is 14.2 Å². The molecule has 0 N–H and O–H groups in total. The zero-order chi connectivity index (χ0) is 13.5. The molecule has 0 spiro atoms. The predicted octanol–water partition coefficient (Wildman–Crippen LogP) is 3.71. The van der Waals surface area contributed by atoms with Gasteiger partial charge in [0.1, 0.15) is 0 Å². The summed E-state index contributed by atoms with van der Waals surface area (Å²) in [5, 5.41) is 0. The van der Waals surface area contributed by atoms with Crippen LogP contribution < -0.4 is 9.47 Å². The van der Waals surface area contributed by atoms with Crippen LogP contribution in [0.25, 0.3) is 0 Å². The number of methoxy groups -OCH3 is 2. The van der Waals surface area contributed by atoms with E-state index in [4.69, 9.17) is 9.47 Å². The van der Waals surface area contributed by atoms with Crippen molar-refractivity contribution in [2.24, 2.45) is 5.92 Å². The third-order valence-corrected chi connectivity index (χ3v) is 3.33. The Morgan fingerprint density at radius 1 is 1.11 bits per heavy atom. The lowest BCUT2D eigenvalue weighted by molar-refractivity contribution is 0.0958. The van der Waals surface area contributed by atoms with Crippen LogP contribution in [0.3, 0.4) is 0 Å². The first-order valence-corrected chi connectivity index (χ1v) is 6.41. The second-order valence-corrected chi connectivity index (χ2v) is 4.38. The molecule has 18 heavy (non-hydrogen) atoms. The monoisotopic (exact) mass is 250 g/mol. The molecule has 0 aliphatic carbocycles. The molecule has 0 amide bonds. The zero-order valence-corrected chi connectivity index (χ0v) is 11.7. The van der Waals surface area contributed by atoms with E-state index >= 15 is 0 Å². The average Bonchev–Trinajstić information content (AvgIpc) is 2.43. The minimum atomic E-state index is 0.171. The van der Waals surface area contributed by atoms with Gasteiger partial charge in [-0.05, 0) is 24.1 Å². The van der Waals surface area contributed by atoms with Gasteiger partial charge in [-0.25, -0.2) is 0 Å². The van der Waals surface area contributed by atoms with Crippen molar-refractivity contribution < 1.29 is 14.3 Å². The zero-order valence-electron chi connectivity index (χ0n) is 11.7. The molecule has 0 saturated carbocycles. The molecule has 0 aliphatic rings. The van der Waals surface area contributed by atoms with Crippen LogP contribution in [0.5, 0.6) is 11.5 Å². The van der Waals surface area contributed by atoms with E-state index in [1.165, 1.54) is 0 Å². The average molecular weight is 250 g/mol. The molecule has 0 heterocycles. The molecule has 1 aromatic rings. The lowest BCUT2D eigenvalue weighted by Crippen LogP contribution is -2.07. The van der Waals surface area contributed by atoms with Gasteiger partial charge >= 0.3 is 0 Å². The number of hydrogen-bond donors (Lipinski definition) is 0. The summed E-state index contributed by atoms with van der Waals surface area (Å²) in [7, 11) is 3.16. The maximum atomic E-state index is 12.1. The Morgan fingerprint density at radius 3 is 2.22 bits per heavy atom. The minimum absolute atomic E-state index is 0.171. The fourth-order valence-corrected chi connectivity index (χ4v) is 1.97. The highest BCUT2D eigenvalue weighted by atomic mass is 16.5. The molecule has 0 bridgehead atoms. The molecule has 0 aliphatic heterocycles. The van der Waals surface area contributed by atoms with Crippen LogP contribution in [-0.2, 0) is 0 Å². The lowest BCUT2D eigenvalue weighted by atomic mass is 9.94. The first-order valence-electron chi connectivity index (χ1n) is 6.41. The smallest absolute Gasteiger partial charge is 0.163 e. The van der Waals surface area contributed by atoms with E-state index in [0.29, 0.717) is 29.4 Å². The molecule has 3 heteroatoms. The summed E-state index contributed by atoms with van der Waals surface area (Å²) in [5.74, 6) is 1.89. The van der Waals surface area contributed by atoms with Crippen LogP contribution in [0, 0.1) is 5.92 Å². The maximum Gasteiger partial charge on any atom is 0.163 e. The first kappa shape index (κ1) is 14.6. The van der Waals surface area contributed by atoms with Gasteiger partial charge in [0.2, 0.25) is 0 Å². The van der Waals surface area contributed by atoms with Crippen LogP contribution in [-0.4, -0.2) is 20.0 Å². The van der Waals surface area contributed by atoms with Crippen LogP contribution in [0.1, 0.15) is 43.5 Å². The summed E-state index contributed by atoms with van der Waals surface area (Å²) in [4.78, 5) is 12.1. The summed E-state index contributed by atoms with van der Waals surface area (Å²) in [6.07, 6.45) is 2.67. The molecule has 3 nitrogen and oxygen atoms in total. The molecule has 1 aromatic carbocycles. The van der Waals surface area contributed by atoms with Gasteiger partial charge in [-0.2, -0.15) is 0 Å². The van der Waals surface area contributed by atoms with E-state index < -0.39 is 0 Å². The second kappa shape index (κ2) is 7.04. The van der Waals surface area contributed by atoms with Crippen molar-refractivity contribution in [1.82, 2.24) is 0 Å². The minimum Gasteiger partial charge on any atom is -0.493 e. The molecule has 0 aromatic heterocycles. The highest BCUT2D eigenvalue weighted by molar-refractivity contribution is 5.96. The Hall–Kier alpha value is -1.51. The highest BCUT2D eigenvalue weighted by Crippen LogP contribution is 2.28.